The van der Waals surface area contributed by atoms with Gasteiger partial charge in [0.1, 0.15) is 12.3 Å². The van der Waals surface area contributed by atoms with E-state index in [1.165, 1.54) is 6.42 Å². The van der Waals surface area contributed by atoms with Crippen LogP contribution in [-0.4, -0.2) is 23.4 Å². The molecule has 1 fully saturated rings. The largest absolute Gasteiger partial charge is 0.480 e. The van der Waals surface area contributed by atoms with Crippen molar-refractivity contribution >= 4 is 12.3 Å². The summed E-state index contributed by atoms with van der Waals surface area (Å²) in [5.74, 6) is -1.41. The third kappa shape index (κ3) is 2.54. The number of carbonyl (C=O) groups is 2. The average molecular weight is 199 g/mol. The Morgan fingerprint density at radius 2 is 1.93 bits per heavy atom. The molecular weight excluding hydrogens is 182 g/mol. The van der Waals surface area contributed by atoms with Crippen LogP contribution in [0.25, 0.3) is 0 Å². The van der Waals surface area contributed by atoms with E-state index in [1.54, 1.807) is 0 Å². The van der Waals surface area contributed by atoms with Gasteiger partial charge in [0.05, 0.1) is 0 Å². The van der Waals surface area contributed by atoms with E-state index in [2.05, 4.69) is 0 Å². The van der Waals surface area contributed by atoms with Crippen LogP contribution in [0.1, 0.15) is 32.1 Å². The number of hydrogen-bond acceptors (Lipinski definition) is 3. The van der Waals surface area contributed by atoms with E-state index < -0.39 is 17.9 Å². The molecule has 2 atom stereocenters. The van der Waals surface area contributed by atoms with Gasteiger partial charge in [-0.2, -0.15) is 0 Å². The molecule has 0 aromatic heterocycles. The molecule has 1 rings (SSSR count). The second-order valence-electron chi connectivity index (χ2n) is 3.98. The predicted molar refractivity (Wildman–Crippen MR) is 51.7 cm³/mol. The van der Waals surface area contributed by atoms with E-state index >= 15 is 0 Å². The monoisotopic (exact) mass is 199 g/mol. The summed E-state index contributed by atoms with van der Waals surface area (Å²) in [5, 5.41) is 8.73. The second-order valence-corrected chi connectivity index (χ2v) is 3.98. The number of aliphatic carboxylic acids is 1. The summed E-state index contributed by atoms with van der Waals surface area (Å²) >= 11 is 0. The summed E-state index contributed by atoms with van der Waals surface area (Å²) in [6.07, 6.45) is 5.94. The van der Waals surface area contributed by atoms with E-state index in [0.29, 0.717) is 0 Å². The predicted octanol–water partition coefficient (Wildman–Crippen LogP) is 0.794. The van der Waals surface area contributed by atoms with Crippen LogP contribution in [0, 0.1) is 11.8 Å². The van der Waals surface area contributed by atoms with E-state index in [9.17, 15) is 9.59 Å². The lowest BCUT2D eigenvalue weighted by atomic mass is 9.77. The first-order valence-corrected chi connectivity index (χ1v) is 5.10. The Labute approximate surface area is 83.5 Å². The molecular formula is C10H17NO3. The molecule has 0 heterocycles. The van der Waals surface area contributed by atoms with E-state index in [0.717, 1.165) is 32.0 Å². The molecule has 0 bridgehead atoms. The number of carbonyl (C=O) groups excluding carboxylic acids is 1. The molecule has 0 unspecified atom stereocenters. The van der Waals surface area contributed by atoms with Crippen LogP contribution < -0.4 is 5.73 Å². The van der Waals surface area contributed by atoms with Crippen molar-refractivity contribution in [3.05, 3.63) is 0 Å². The Morgan fingerprint density at radius 3 is 2.36 bits per heavy atom. The Morgan fingerprint density at radius 1 is 1.36 bits per heavy atom. The van der Waals surface area contributed by atoms with Crippen molar-refractivity contribution in [2.45, 2.75) is 38.1 Å². The smallest absolute Gasteiger partial charge is 0.321 e. The molecule has 4 nitrogen and oxygen atoms in total. The number of carboxylic acid groups (broad SMARTS) is 1. The summed E-state index contributed by atoms with van der Waals surface area (Å²) in [5.41, 5.74) is 5.47. The van der Waals surface area contributed by atoms with Gasteiger partial charge in [-0.1, -0.05) is 19.3 Å². The Bertz CT molecular complexity index is 211. The first-order valence-electron chi connectivity index (χ1n) is 5.10. The van der Waals surface area contributed by atoms with Crippen molar-refractivity contribution in [3.63, 3.8) is 0 Å². The fraction of sp³-hybridized carbons (Fsp3) is 0.800. The quantitative estimate of drug-likeness (QED) is 0.656. The molecule has 14 heavy (non-hydrogen) atoms. The summed E-state index contributed by atoms with van der Waals surface area (Å²) in [6, 6.07) is -1.03. The minimum absolute atomic E-state index is 0.173. The first kappa shape index (κ1) is 11.2. The van der Waals surface area contributed by atoms with Crippen molar-refractivity contribution < 1.29 is 14.7 Å². The third-order valence-corrected chi connectivity index (χ3v) is 3.05. The van der Waals surface area contributed by atoms with Crippen LogP contribution in [0.5, 0.6) is 0 Å². The molecule has 80 valence electrons. The number of rotatable bonds is 4. The zero-order valence-electron chi connectivity index (χ0n) is 8.19. The van der Waals surface area contributed by atoms with Crippen molar-refractivity contribution in [2.75, 3.05) is 0 Å². The van der Waals surface area contributed by atoms with Crippen molar-refractivity contribution in [3.8, 4) is 0 Å². The molecule has 0 amide bonds. The van der Waals surface area contributed by atoms with Crippen molar-refractivity contribution in [1.82, 2.24) is 0 Å². The number of aldehydes is 1. The lowest BCUT2D eigenvalue weighted by Crippen LogP contribution is -2.43. The fourth-order valence-electron chi connectivity index (χ4n) is 2.17. The maximum Gasteiger partial charge on any atom is 0.321 e. The molecule has 4 heteroatoms. The minimum atomic E-state index is -1.08. The maximum absolute atomic E-state index is 10.8. The van der Waals surface area contributed by atoms with Gasteiger partial charge in [0.2, 0.25) is 0 Å². The van der Waals surface area contributed by atoms with Crippen LogP contribution >= 0.6 is 0 Å². The molecule has 0 spiro atoms. The van der Waals surface area contributed by atoms with Gasteiger partial charge in [-0.25, -0.2) is 0 Å². The highest BCUT2D eigenvalue weighted by Gasteiger charge is 2.31. The Balaban J connectivity index is 2.59. The summed E-state index contributed by atoms with van der Waals surface area (Å²) in [7, 11) is 0. The standard InChI is InChI=1S/C10H17NO3/c11-9(10(13)14)8(6-12)7-4-2-1-3-5-7/h6-9H,1-5,11H2,(H,13,14)/t8-,9-/m0/s1. The average Bonchev–Trinajstić information content (AvgIpc) is 2.20. The van der Waals surface area contributed by atoms with Crippen LogP contribution in [-0.2, 0) is 9.59 Å². The number of carboxylic acids is 1. The van der Waals surface area contributed by atoms with Gasteiger partial charge < -0.3 is 15.6 Å². The molecule has 0 aromatic carbocycles. The topological polar surface area (TPSA) is 80.4 Å². The van der Waals surface area contributed by atoms with Gasteiger partial charge in [0, 0.05) is 5.92 Å². The lowest BCUT2D eigenvalue weighted by molar-refractivity contribution is -0.142. The van der Waals surface area contributed by atoms with Crippen molar-refractivity contribution in [1.29, 1.82) is 0 Å². The van der Waals surface area contributed by atoms with Gasteiger partial charge in [-0.3, -0.25) is 4.79 Å². The van der Waals surface area contributed by atoms with Crippen molar-refractivity contribution in [2.24, 2.45) is 17.6 Å². The Hall–Kier alpha value is -0.900. The highest BCUT2D eigenvalue weighted by atomic mass is 16.4. The summed E-state index contributed by atoms with van der Waals surface area (Å²) < 4.78 is 0. The van der Waals surface area contributed by atoms with E-state index in [-0.39, 0.29) is 5.92 Å². The van der Waals surface area contributed by atoms with Gasteiger partial charge in [0.25, 0.3) is 0 Å². The van der Waals surface area contributed by atoms with Gasteiger partial charge in [-0.15, -0.1) is 0 Å². The minimum Gasteiger partial charge on any atom is -0.480 e. The number of hydrogen-bond donors (Lipinski definition) is 2. The van der Waals surface area contributed by atoms with Crippen LogP contribution in [0.3, 0.4) is 0 Å². The number of nitrogens with two attached hydrogens (primary N) is 1. The summed E-state index contributed by atoms with van der Waals surface area (Å²) in [4.78, 5) is 21.5. The molecule has 1 saturated carbocycles. The molecule has 1 aliphatic carbocycles. The zero-order chi connectivity index (χ0) is 10.6. The molecule has 3 N–H and O–H groups in total. The Kier molecular flexibility index (Phi) is 4.07. The van der Waals surface area contributed by atoms with Gasteiger partial charge in [-0.05, 0) is 18.8 Å². The van der Waals surface area contributed by atoms with Crippen LogP contribution in [0.2, 0.25) is 0 Å². The van der Waals surface area contributed by atoms with E-state index in [1.807, 2.05) is 0 Å². The maximum atomic E-state index is 10.8. The fourth-order valence-corrected chi connectivity index (χ4v) is 2.17. The summed E-state index contributed by atoms with van der Waals surface area (Å²) in [6.45, 7) is 0. The molecule has 1 aliphatic rings. The van der Waals surface area contributed by atoms with Crippen LogP contribution in [0.15, 0.2) is 0 Å². The molecule has 0 saturated heterocycles. The lowest BCUT2D eigenvalue weighted by Gasteiger charge is -2.28. The normalized spacial score (nSPS) is 22.6. The molecule has 0 radical (unpaired) electrons. The SMILES string of the molecule is N[C@H](C(=O)O)[C@@H](C=O)C1CCCCC1. The third-order valence-electron chi connectivity index (χ3n) is 3.05. The molecule has 0 aromatic rings. The first-order chi connectivity index (χ1) is 6.66. The highest BCUT2D eigenvalue weighted by Crippen LogP contribution is 2.30. The van der Waals surface area contributed by atoms with Gasteiger partial charge >= 0.3 is 5.97 Å². The zero-order valence-corrected chi connectivity index (χ0v) is 8.19. The highest BCUT2D eigenvalue weighted by molar-refractivity contribution is 5.78. The van der Waals surface area contributed by atoms with Gasteiger partial charge in [0.15, 0.2) is 0 Å². The van der Waals surface area contributed by atoms with E-state index in [4.69, 9.17) is 10.8 Å². The van der Waals surface area contributed by atoms with Crippen LogP contribution in [0.4, 0.5) is 0 Å². The second kappa shape index (κ2) is 5.10. The molecule has 0 aliphatic heterocycles.